The summed E-state index contributed by atoms with van der Waals surface area (Å²) < 4.78 is 0. The van der Waals surface area contributed by atoms with Crippen molar-refractivity contribution in [3.8, 4) is 0 Å². The molecule has 21 heavy (non-hydrogen) atoms. The van der Waals surface area contributed by atoms with Crippen LogP contribution >= 0.6 is 7.92 Å². The van der Waals surface area contributed by atoms with Crippen LogP contribution in [-0.2, 0) is 17.1 Å². The fourth-order valence-electron chi connectivity index (χ4n) is 2.45. The molecule has 0 aliphatic carbocycles. The van der Waals surface area contributed by atoms with Gasteiger partial charge in [0.15, 0.2) is 0 Å². The fourth-order valence-corrected chi connectivity index (χ4v) is 5.91. The number of hydrogen-bond donors (Lipinski definition) is 0. The van der Waals surface area contributed by atoms with Gasteiger partial charge in [0, 0.05) is 17.1 Å². The minimum Gasteiger partial charge on any atom is -0.0621 e. The molecule has 0 nitrogen and oxygen atoms in total. The van der Waals surface area contributed by atoms with E-state index < -0.39 is 7.92 Å². The standard InChI is InChI=1S/C18H16PSi.Cu/c20-18-14-8-7-13-17(18)19(15-9-3-1-4-10-15)16-11-5-2-6-12-16;/h1-14H,20H2;/p+1. The van der Waals surface area contributed by atoms with E-state index in [0.717, 1.165) is 0 Å². The molecule has 0 amide bonds. The maximum Gasteiger partial charge on any atom is 0.102 e. The Hall–Kier alpha value is -1.17. The van der Waals surface area contributed by atoms with Crippen molar-refractivity contribution < 1.29 is 17.1 Å². The van der Waals surface area contributed by atoms with Crippen molar-refractivity contribution in [2.45, 2.75) is 0 Å². The van der Waals surface area contributed by atoms with Gasteiger partial charge in [0.05, 0.1) is 18.2 Å². The van der Waals surface area contributed by atoms with Crippen molar-refractivity contribution in [3.05, 3.63) is 84.9 Å². The first-order valence-electron chi connectivity index (χ1n) is 6.75. The summed E-state index contributed by atoms with van der Waals surface area (Å²) >= 11 is 0. The Morgan fingerprint density at radius 3 is 1.48 bits per heavy atom. The molecular weight excluding hydrogens is 339 g/mol. The quantitative estimate of drug-likeness (QED) is 0.492. The van der Waals surface area contributed by atoms with Crippen LogP contribution in [0.25, 0.3) is 0 Å². The van der Waals surface area contributed by atoms with E-state index in [2.05, 4.69) is 84.9 Å². The van der Waals surface area contributed by atoms with Crippen LogP contribution in [0.3, 0.4) is 0 Å². The molecule has 3 aromatic carbocycles. The molecule has 3 aromatic rings. The monoisotopic (exact) mass is 355 g/mol. The van der Waals surface area contributed by atoms with E-state index >= 15 is 0 Å². The largest absolute Gasteiger partial charge is 0.102 e. The minimum absolute atomic E-state index is 0. The third-order valence-electron chi connectivity index (χ3n) is 3.41. The average Bonchev–Trinajstić information content (AvgIpc) is 2.52. The average molecular weight is 356 g/mol. The van der Waals surface area contributed by atoms with E-state index in [-0.39, 0.29) is 17.1 Å². The molecule has 0 unspecified atom stereocenters. The molecule has 108 valence electrons. The van der Waals surface area contributed by atoms with E-state index in [4.69, 9.17) is 0 Å². The van der Waals surface area contributed by atoms with Crippen LogP contribution in [-0.4, -0.2) is 10.2 Å². The zero-order chi connectivity index (χ0) is 13.8. The summed E-state index contributed by atoms with van der Waals surface area (Å²) in [6.07, 6.45) is 0. The van der Waals surface area contributed by atoms with Crippen molar-refractivity contribution in [3.63, 3.8) is 0 Å². The Balaban J connectivity index is 0.00000161. The zero-order valence-electron chi connectivity index (χ0n) is 11.6. The normalized spacial score (nSPS) is 10.2. The molecular formula is C18H17CuPSi+. The third kappa shape index (κ3) is 3.73. The first-order valence-corrected chi connectivity index (χ1v) is 8.96. The van der Waals surface area contributed by atoms with Crippen molar-refractivity contribution in [2.24, 2.45) is 0 Å². The summed E-state index contributed by atoms with van der Waals surface area (Å²) in [5.74, 6) is 0. The van der Waals surface area contributed by atoms with Gasteiger partial charge in [-0.3, -0.25) is 0 Å². The van der Waals surface area contributed by atoms with Crippen LogP contribution in [0.1, 0.15) is 0 Å². The van der Waals surface area contributed by atoms with E-state index in [9.17, 15) is 0 Å². The van der Waals surface area contributed by atoms with Gasteiger partial charge in [-0.1, -0.05) is 54.6 Å². The SMILES string of the molecule is [Cu].[SiH2]c1ccccc1[PH+](c1ccccc1)c1ccccc1. The van der Waals surface area contributed by atoms with Crippen molar-refractivity contribution in [2.75, 3.05) is 0 Å². The summed E-state index contributed by atoms with van der Waals surface area (Å²) in [7, 11) is 1.09. The summed E-state index contributed by atoms with van der Waals surface area (Å²) in [5.41, 5.74) is 0. The Morgan fingerprint density at radius 1 is 0.571 bits per heavy atom. The van der Waals surface area contributed by atoms with E-state index in [1.54, 1.807) is 0 Å². The van der Waals surface area contributed by atoms with Gasteiger partial charge in [0.2, 0.25) is 0 Å². The fraction of sp³-hybridized carbons (Fsp3) is 0. The molecule has 0 spiro atoms. The first kappa shape index (κ1) is 16.2. The zero-order valence-corrected chi connectivity index (χ0v) is 14.9. The van der Waals surface area contributed by atoms with Crippen LogP contribution in [0.2, 0.25) is 0 Å². The first-order chi connectivity index (χ1) is 9.86. The van der Waals surface area contributed by atoms with Crippen molar-refractivity contribution >= 4 is 39.3 Å². The third-order valence-corrected chi connectivity index (χ3v) is 7.23. The number of rotatable bonds is 3. The van der Waals surface area contributed by atoms with Gasteiger partial charge in [-0.2, -0.15) is 0 Å². The van der Waals surface area contributed by atoms with Crippen LogP contribution in [0.15, 0.2) is 84.9 Å². The predicted molar refractivity (Wildman–Crippen MR) is 94.7 cm³/mol. The molecule has 0 bridgehead atoms. The van der Waals surface area contributed by atoms with Crippen molar-refractivity contribution in [1.29, 1.82) is 0 Å². The van der Waals surface area contributed by atoms with Crippen molar-refractivity contribution in [1.82, 2.24) is 0 Å². The maximum absolute atomic E-state index is 2.29. The second kappa shape index (κ2) is 7.73. The van der Waals surface area contributed by atoms with Gasteiger partial charge in [-0.25, -0.2) is 0 Å². The predicted octanol–water partition coefficient (Wildman–Crippen LogP) is 1.43. The summed E-state index contributed by atoms with van der Waals surface area (Å²) in [6.45, 7) is 0. The minimum atomic E-state index is -0.900. The second-order valence-electron chi connectivity index (χ2n) is 4.76. The topological polar surface area (TPSA) is 0 Å². The van der Waals surface area contributed by atoms with E-state index in [1.165, 1.54) is 21.1 Å². The molecule has 3 rings (SSSR count). The molecule has 0 heterocycles. The molecule has 0 aromatic heterocycles. The molecule has 0 atom stereocenters. The van der Waals surface area contributed by atoms with Gasteiger partial charge in [0.25, 0.3) is 0 Å². The van der Waals surface area contributed by atoms with Gasteiger partial charge < -0.3 is 0 Å². The Labute approximate surface area is 141 Å². The molecule has 0 aliphatic heterocycles. The summed E-state index contributed by atoms with van der Waals surface area (Å²) in [4.78, 5) is 0. The van der Waals surface area contributed by atoms with Crippen LogP contribution in [0.4, 0.5) is 0 Å². The van der Waals surface area contributed by atoms with Crippen LogP contribution < -0.4 is 21.1 Å². The molecule has 2 radical (unpaired) electrons. The molecule has 0 fully saturated rings. The summed E-state index contributed by atoms with van der Waals surface area (Å²) in [6, 6.07) is 30.6. The van der Waals surface area contributed by atoms with Crippen LogP contribution in [0, 0.1) is 0 Å². The van der Waals surface area contributed by atoms with Gasteiger partial charge in [0.1, 0.15) is 15.9 Å². The van der Waals surface area contributed by atoms with Gasteiger partial charge >= 0.3 is 0 Å². The number of hydrogen-bond acceptors (Lipinski definition) is 0. The maximum atomic E-state index is 2.29. The Kier molecular flexibility index (Phi) is 5.96. The molecule has 0 saturated heterocycles. The molecule has 0 aliphatic rings. The van der Waals surface area contributed by atoms with Gasteiger partial charge in [-0.15, -0.1) is 0 Å². The number of benzene rings is 3. The Morgan fingerprint density at radius 2 is 1.00 bits per heavy atom. The molecule has 3 heteroatoms. The van der Waals surface area contributed by atoms with E-state index in [0.29, 0.717) is 0 Å². The Bertz CT molecular complexity index is 646. The van der Waals surface area contributed by atoms with Gasteiger partial charge in [-0.05, 0) is 35.5 Å². The summed E-state index contributed by atoms with van der Waals surface area (Å²) in [5, 5.41) is 5.80. The van der Waals surface area contributed by atoms with E-state index in [1.807, 2.05) is 10.2 Å². The smallest absolute Gasteiger partial charge is 0.0621 e. The van der Waals surface area contributed by atoms with Crippen LogP contribution in [0.5, 0.6) is 0 Å². The molecule has 0 saturated carbocycles. The molecule has 0 N–H and O–H groups in total. The second-order valence-corrected chi connectivity index (χ2v) is 7.97.